The first-order valence-electron chi connectivity index (χ1n) is 6.09. The van der Waals surface area contributed by atoms with E-state index in [2.05, 4.69) is 10.6 Å². The number of amides is 1. The van der Waals surface area contributed by atoms with Crippen LogP contribution in [0.15, 0.2) is 24.3 Å². The van der Waals surface area contributed by atoms with Crippen LogP contribution in [-0.4, -0.2) is 36.2 Å². The Morgan fingerprint density at radius 1 is 1.56 bits per heavy atom. The summed E-state index contributed by atoms with van der Waals surface area (Å²) in [5.41, 5.74) is 1.10. The van der Waals surface area contributed by atoms with Crippen molar-refractivity contribution in [3.8, 4) is 0 Å². The predicted octanol–water partition coefficient (Wildman–Crippen LogP) is 0.721. The summed E-state index contributed by atoms with van der Waals surface area (Å²) in [6.45, 7) is 1.07. The number of aliphatic hydroxyl groups is 1. The summed E-state index contributed by atoms with van der Waals surface area (Å²) in [5.74, 6) is -0.0476. The summed E-state index contributed by atoms with van der Waals surface area (Å²) in [7, 11) is 0. The van der Waals surface area contributed by atoms with Crippen molar-refractivity contribution in [1.82, 2.24) is 10.6 Å². The number of aliphatic hydroxyl groups excluding tert-OH is 1. The second-order valence-corrected chi connectivity index (χ2v) is 4.96. The van der Waals surface area contributed by atoms with Crippen molar-refractivity contribution in [1.29, 1.82) is 0 Å². The number of β-amino-alcohol motifs (C(OH)–C–C–N with tert-alkyl or cyclic N) is 1. The molecule has 2 atom stereocenters. The second kappa shape index (κ2) is 6.18. The molecule has 0 spiro atoms. The van der Waals surface area contributed by atoms with Crippen LogP contribution in [0.1, 0.15) is 12.0 Å². The van der Waals surface area contributed by atoms with Gasteiger partial charge in [-0.2, -0.15) is 0 Å². The van der Waals surface area contributed by atoms with Crippen molar-refractivity contribution in [2.75, 3.05) is 13.1 Å². The lowest BCUT2D eigenvalue weighted by molar-refractivity contribution is -0.122. The Hall–Kier alpha value is -1.10. The maximum absolute atomic E-state index is 11.7. The molecule has 0 saturated carbocycles. The molecule has 5 heteroatoms. The van der Waals surface area contributed by atoms with Gasteiger partial charge in [0.25, 0.3) is 0 Å². The van der Waals surface area contributed by atoms with Crippen molar-refractivity contribution in [2.45, 2.75) is 25.0 Å². The van der Waals surface area contributed by atoms with E-state index in [0.29, 0.717) is 24.5 Å². The largest absolute Gasteiger partial charge is 0.392 e. The molecule has 4 nitrogen and oxygen atoms in total. The fourth-order valence-corrected chi connectivity index (χ4v) is 2.28. The van der Waals surface area contributed by atoms with Crippen LogP contribution in [0.2, 0.25) is 5.02 Å². The van der Waals surface area contributed by atoms with Crippen molar-refractivity contribution in [3.63, 3.8) is 0 Å². The van der Waals surface area contributed by atoms with Gasteiger partial charge in [0.1, 0.15) is 0 Å². The third kappa shape index (κ3) is 3.70. The van der Waals surface area contributed by atoms with Crippen molar-refractivity contribution >= 4 is 17.5 Å². The Morgan fingerprint density at radius 3 is 3.06 bits per heavy atom. The highest BCUT2D eigenvalue weighted by atomic mass is 35.5. The molecule has 0 aliphatic carbocycles. The first kappa shape index (κ1) is 13.3. The molecule has 0 aromatic heterocycles. The Labute approximate surface area is 111 Å². The number of nitrogens with one attached hydrogen (secondary N) is 2. The summed E-state index contributed by atoms with van der Waals surface area (Å²) >= 11 is 5.88. The quantitative estimate of drug-likeness (QED) is 0.754. The van der Waals surface area contributed by atoms with Gasteiger partial charge in [0, 0.05) is 18.1 Å². The van der Waals surface area contributed by atoms with E-state index in [-0.39, 0.29) is 11.9 Å². The molecule has 0 radical (unpaired) electrons. The average Bonchev–Trinajstić information content (AvgIpc) is 2.76. The monoisotopic (exact) mass is 268 g/mol. The molecule has 2 rings (SSSR count). The minimum absolute atomic E-state index is 0.0476. The molecular formula is C13H17ClN2O2. The molecule has 1 aromatic rings. The fourth-order valence-electron chi connectivity index (χ4n) is 2.06. The third-order valence-electron chi connectivity index (χ3n) is 3.03. The first-order chi connectivity index (χ1) is 8.65. The molecule has 1 fully saturated rings. The summed E-state index contributed by atoms with van der Waals surface area (Å²) in [5, 5.41) is 15.9. The van der Waals surface area contributed by atoms with E-state index >= 15 is 0 Å². The summed E-state index contributed by atoms with van der Waals surface area (Å²) < 4.78 is 0. The van der Waals surface area contributed by atoms with Crippen LogP contribution in [-0.2, 0) is 11.2 Å². The number of halogens is 1. The number of hydrogen-bond donors (Lipinski definition) is 3. The topological polar surface area (TPSA) is 61.4 Å². The number of rotatable bonds is 4. The lowest BCUT2D eigenvalue weighted by Crippen LogP contribution is -2.41. The molecule has 18 heavy (non-hydrogen) atoms. The van der Waals surface area contributed by atoms with Gasteiger partial charge in [-0.05, 0) is 30.5 Å². The number of carbonyl (C=O) groups is 1. The Morgan fingerprint density at radius 2 is 2.39 bits per heavy atom. The third-order valence-corrected chi connectivity index (χ3v) is 3.26. The van der Waals surface area contributed by atoms with Gasteiger partial charge >= 0.3 is 0 Å². The van der Waals surface area contributed by atoms with Gasteiger partial charge in [-0.3, -0.25) is 4.79 Å². The fraction of sp³-hybridized carbons (Fsp3) is 0.462. The normalized spacial score (nSPS) is 23.0. The SMILES string of the molecule is O=C(NCCc1cccc(Cl)c1)C1CC(O)CN1. The molecule has 2 unspecified atom stereocenters. The molecule has 3 N–H and O–H groups in total. The molecule has 1 aliphatic heterocycles. The number of hydrogen-bond acceptors (Lipinski definition) is 3. The minimum Gasteiger partial charge on any atom is -0.392 e. The second-order valence-electron chi connectivity index (χ2n) is 4.52. The highest BCUT2D eigenvalue weighted by Crippen LogP contribution is 2.11. The molecule has 1 amide bonds. The molecule has 98 valence electrons. The van der Waals surface area contributed by atoms with Crippen LogP contribution < -0.4 is 10.6 Å². The van der Waals surface area contributed by atoms with Crippen LogP contribution in [0.3, 0.4) is 0 Å². The van der Waals surface area contributed by atoms with Crippen molar-refractivity contribution in [3.05, 3.63) is 34.9 Å². The van der Waals surface area contributed by atoms with E-state index in [1.807, 2.05) is 24.3 Å². The molecule has 1 saturated heterocycles. The smallest absolute Gasteiger partial charge is 0.237 e. The van der Waals surface area contributed by atoms with Crippen LogP contribution in [0.4, 0.5) is 0 Å². The van der Waals surface area contributed by atoms with E-state index in [1.54, 1.807) is 0 Å². The van der Waals surface area contributed by atoms with Gasteiger partial charge in [-0.25, -0.2) is 0 Å². The zero-order valence-corrected chi connectivity index (χ0v) is 10.8. The zero-order chi connectivity index (χ0) is 13.0. The van der Waals surface area contributed by atoms with Crippen LogP contribution in [0, 0.1) is 0 Å². The van der Waals surface area contributed by atoms with Crippen molar-refractivity contribution in [2.24, 2.45) is 0 Å². The van der Waals surface area contributed by atoms with Gasteiger partial charge in [-0.15, -0.1) is 0 Å². The van der Waals surface area contributed by atoms with E-state index in [1.165, 1.54) is 0 Å². The van der Waals surface area contributed by atoms with Crippen molar-refractivity contribution < 1.29 is 9.90 Å². The van der Waals surface area contributed by atoms with E-state index < -0.39 is 6.10 Å². The predicted molar refractivity (Wildman–Crippen MR) is 70.6 cm³/mol. The van der Waals surface area contributed by atoms with Gasteiger partial charge in [0.2, 0.25) is 5.91 Å². The first-order valence-corrected chi connectivity index (χ1v) is 6.46. The zero-order valence-electron chi connectivity index (χ0n) is 10.0. The van der Waals surface area contributed by atoms with Gasteiger partial charge < -0.3 is 15.7 Å². The van der Waals surface area contributed by atoms with E-state index in [0.717, 1.165) is 12.0 Å². The highest BCUT2D eigenvalue weighted by Gasteiger charge is 2.27. The minimum atomic E-state index is -0.409. The summed E-state index contributed by atoms with van der Waals surface area (Å²) in [6.07, 6.45) is 0.832. The molecule has 1 aliphatic rings. The van der Waals surface area contributed by atoms with Crippen LogP contribution in [0.5, 0.6) is 0 Å². The lowest BCUT2D eigenvalue weighted by atomic mass is 10.1. The molecular weight excluding hydrogens is 252 g/mol. The number of carbonyl (C=O) groups excluding carboxylic acids is 1. The van der Waals surface area contributed by atoms with E-state index in [4.69, 9.17) is 11.6 Å². The Kier molecular flexibility index (Phi) is 4.58. The number of benzene rings is 1. The van der Waals surface area contributed by atoms with Gasteiger partial charge in [0.15, 0.2) is 0 Å². The highest BCUT2D eigenvalue weighted by molar-refractivity contribution is 6.30. The molecule has 1 heterocycles. The molecule has 0 bridgehead atoms. The molecule has 1 aromatic carbocycles. The maximum Gasteiger partial charge on any atom is 0.237 e. The Balaban J connectivity index is 1.73. The summed E-state index contributed by atoms with van der Waals surface area (Å²) in [6, 6.07) is 7.34. The Bertz CT molecular complexity index is 425. The lowest BCUT2D eigenvalue weighted by Gasteiger charge is -2.11. The van der Waals surface area contributed by atoms with Crippen LogP contribution in [0.25, 0.3) is 0 Å². The van der Waals surface area contributed by atoms with Gasteiger partial charge in [0.05, 0.1) is 12.1 Å². The average molecular weight is 269 g/mol. The van der Waals surface area contributed by atoms with Crippen LogP contribution >= 0.6 is 11.6 Å². The van der Waals surface area contributed by atoms with E-state index in [9.17, 15) is 9.90 Å². The standard InChI is InChI=1S/C13H17ClN2O2/c14-10-3-1-2-9(6-10)4-5-15-13(18)12-7-11(17)8-16-12/h1-3,6,11-12,16-17H,4-5,7-8H2,(H,15,18). The summed E-state index contributed by atoms with van der Waals surface area (Å²) in [4.78, 5) is 11.7. The maximum atomic E-state index is 11.7. The van der Waals surface area contributed by atoms with Gasteiger partial charge in [-0.1, -0.05) is 23.7 Å².